The molecule has 3 N–H and O–H groups in total. The van der Waals surface area contributed by atoms with Crippen LogP contribution >= 0.6 is 11.3 Å². The summed E-state index contributed by atoms with van der Waals surface area (Å²) in [6.45, 7) is 4.63. The van der Waals surface area contributed by atoms with Gasteiger partial charge in [-0.15, -0.1) is 11.3 Å². The highest BCUT2D eigenvalue weighted by atomic mass is 32.1. The number of fused-ring (bicyclic) bond motifs is 1. The van der Waals surface area contributed by atoms with E-state index in [0.29, 0.717) is 23.8 Å². The summed E-state index contributed by atoms with van der Waals surface area (Å²) in [5.74, 6) is 1.53. The molecule has 0 bridgehead atoms. The van der Waals surface area contributed by atoms with Crippen molar-refractivity contribution in [3.05, 3.63) is 27.6 Å². The van der Waals surface area contributed by atoms with Crippen molar-refractivity contribution in [3.63, 3.8) is 0 Å². The van der Waals surface area contributed by atoms with Crippen LogP contribution in [-0.2, 0) is 6.54 Å². The lowest BCUT2D eigenvalue weighted by Crippen LogP contribution is -2.46. The number of nitrogens with one attached hydrogen (secondary N) is 1. The maximum Gasteiger partial charge on any atom is 0.268 e. The molecule has 6 heteroatoms. The summed E-state index contributed by atoms with van der Waals surface area (Å²) >= 11 is 1.44. The zero-order valence-corrected chi connectivity index (χ0v) is 13.2. The van der Waals surface area contributed by atoms with Crippen LogP contribution in [-0.4, -0.2) is 34.0 Å². The van der Waals surface area contributed by atoms with E-state index in [1.807, 2.05) is 11.4 Å². The highest BCUT2D eigenvalue weighted by Gasteiger charge is 2.27. The van der Waals surface area contributed by atoms with Crippen molar-refractivity contribution in [2.45, 2.75) is 38.8 Å². The van der Waals surface area contributed by atoms with Gasteiger partial charge in [-0.3, -0.25) is 9.69 Å². The molecule has 2 aromatic heterocycles. The number of aromatic nitrogens is 2. The van der Waals surface area contributed by atoms with E-state index in [4.69, 9.17) is 5.73 Å². The lowest BCUT2D eigenvalue weighted by atomic mass is 9.89. The molecule has 2 unspecified atom stereocenters. The van der Waals surface area contributed by atoms with Gasteiger partial charge in [-0.2, -0.15) is 0 Å². The van der Waals surface area contributed by atoms with Gasteiger partial charge in [-0.1, -0.05) is 13.3 Å². The molecule has 1 aliphatic rings. The molecular formula is C15H22N4OS. The third-order valence-corrected chi connectivity index (χ3v) is 5.41. The van der Waals surface area contributed by atoms with E-state index in [-0.39, 0.29) is 5.56 Å². The minimum atomic E-state index is -0.0299. The van der Waals surface area contributed by atoms with Crippen molar-refractivity contribution in [3.8, 4) is 0 Å². The van der Waals surface area contributed by atoms with Crippen LogP contribution in [0.3, 0.4) is 0 Å². The molecule has 5 nitrogen and oxygen atoms in total. The van der Waals surface area contributed by atoms with E-state index < -0.39 is 0 Å². The van der Waals surface area contributed by atoms with Crippen LogP contribution < -0.4 is 11.3 Å². The smallest absolute Gasteiger partial charge is 0.268 e. The van der Waals surface area contributed by atoms with Crippen molar-refractivity contribution in [1.29, 1.82) is 0 Å². The van der Waals surface area contributed by atoms with Crippen LogP contribution in [0.1, 0.15) is 32.0 Å². The first-order valence-corrected chi connectivity index (χ1v) is 8.49. The summed E-state index contributed by atoms with van der Waals surface area (Å²) in [6, 6.07) is 2.30. The highest BCUT2D eigenvalue weighted by Crippen LogP contribution is 2.26. The Hall–Kier alpha value is -1.24. The van der Waals surface area contributed by atoms with Gasteiger partial charge in [-0.25, -0.2) is 4.98 Å². The van der Waals surface area contributed by atoms with E-state index in [0.717, 1.165) is 30.2 Å². The molecule has 0 aliphatic carbocycles. The lowest BCUT2D eigenvalue weighted by molar-refractivity contribution is 0.105. The van der Waals surface area contributed by atoms with Gasteiger partial charge in [0.2, 0.25) is 0 Å². The topological polar surface area (TPSA) is 75.0 Å². The largest absolute Gasteiger partial charge is 0.329 e. The van der Waals surface area contributed by atoms with Crippen molar-refractivity contribution < 1.29 is 0 Å². The maximum atomic E-state index is 12.0. The Bertz CT molecular complexity index is 665. The molecular weight excluding hydrogens is 284 g/mol. The fourth-order valence-corrected chi connectivity index (χ4v) is 3.92. The van der Waals surface area contributed by atoms with Crippen LogP contribution in [0.4, 0.5) is 0 Å². The first-order chi connectivity index (χ1) is 10.2. The monoisotopic (exact) mass is 306 g/mol. The molecule has 0 saturated carbocycles. The molecule has 0 aromatic carbocycles. The van der Waals surface area contributed by atoms with E-state index >= 15 is 0 Å². The number of nitrogens with zero attached hydrogens (tertiary/aromatic N) is 2. The molecule has 2 atom stereocenters. The molecule has 1 saturated heterocycles. The Morgan fingerprint density at radius 1 is 1.57 bits per heavy atom. The van der Waals surface area contributed by atoms with Gasteiger partial charge in [-0.05, 0) is 36.8 Å². The van der Waals surface area contributed by atoms with Gasteiger partial charge < -0.3 is 10.7 Å². The van der Waals surface area contributed by atoms with Gasteiger partial charge in [0, 0.05) is 12.6 Å². The van der Waals surface area contributed by atoms with Crippen molar-refractivity contribution in [2.24, 2.45) is 11.7 Å². The second-order valence-electron chi connectivity index (χ2n) is 5.81. The SMILES string of the molecule is CCC1CCN(Cc2nc3ccsc3c(=O)[nH]2)C(CN)C1. The van der Waals surface area contributed by atoms with Gasteiger partial charge in [0.15, 0.2) is 0 Å². The van der Waals surface area contributed by atoms with Gasteiger partial charge in [0.1, 0.15) is 10.5 Å². The molecule has 21 heavy (non-hydrogen) atoms. The number of hydrogen-bond donors (Lipinski definition) is 2. The molecule has 2 aromatic rings. The number of H-pyrrole nitrogens is 1. The van der Waals surface area contributed by atoms with Crippen molar-refractivity contribution in [1.82, 2.24) is 14.9 Å². The molecule has 1 fully saturated rings. The molecule has 3 rings (SSSR count). The fourth-order valence-electron chi connectivity index (χ4n) is 3.20. The fraction of sp³-hybridized carbons (Fsp3) is 0.600. The summed E-state index contributed by atoms with van der Waals surface area (Å²) < 4.78 is 0.707. The van der Waals surface area contributed by atoms with Crippen molar-refractivity contribution >= 4 is 21.6 Å². The summed E-state index contributed by atoms with van der Waals surface area (Å²) in [5.41, 5.74) is 6.70. The number of hydrogen-bond acceptors (Lipinski definition) is 5. The van der Waals surface area contributed by atoms with Crippen LogP contribution in [0.15, 0.2) is 16.2 Å². The Balaban J connectivity index is 1.79. The zero-order valence-electron chi connectivity index (χ0n) is 12.3. The van der Waals surface area contributed by atoms with Gasteiger partial charge >= 0.3 is 0 Å². The normalized spacial score (nSPS) is 23.7. The molecule has 0 spiro atoms. The highest BCUT2D eigenvalue weighted by molar-refractivity contribution is 7.17. The maximum absolute atomic E-state index is 12.0. The zero-order chi connectivity index (χ0) is 14.8. The summed E-state index contributed by atoms with van der Waals surface area (Å²) in [7, 11) is 0. The standard InChI is InChI=1S/C15H22N4OS/c1-2-10-3-5-19(11(7-10)8-16)9-13-17-12-4-6-21-14(12)15(20)18-13/h4,6,10-11H,2-3,5,7-9,16H2,1H3,(H,17,18,20). The summed E-state index contributed by atoms with van der Waals surface area (Å²) in [5, 5.41) is 1.91. The Kier molecular flexibility index (Phi) is 4.37. The number of aromatic amines is 1. The number of nitrogens with two attached hydrogens (primary N) is 1. The predicted octanol–water partition coefficient (Wildman–Crippen LogP) is 1.93. The van der Waals surface area contributed by atoms with Crippen molar-refractivity contribution in [2.75, 3.05) is 13.1 Å². The van der Waals surface area contributed by atoms with Crippen LogP contribution in [0.2, 0.25) is 0 Å². The first-order valence-electron chi connectivity index (χ1n) is 7.61. The lowest BCUT2D eigenvalue weighted by Gasteiger charge is -2.38. The average Bonchev–Trinajstić information content (AvgIpc) is 2.96. The van der Waals surface area contributed by atoms with Crippen LogP contribution in [0.25, 0.3) is 10.2 Å². The van der Waals surface area contributed by atoms with E-state index in [2.05, 4.69) is 21.8 Å². The number of thiophene rings is 1. The molecule has 114 valence electrons. The third-order valence-electron chi connectivity index (χ3n) is 4.51. The van der Waals surface area contributed by atoms with Gasteiger partial charge in [0.25, 0.3) is 5.56 Å². The second kappa shape index (κ2) is 6.25. The molecule has 0 amide bonds. The van der Waals surface area contributed by atoms with E-state index in [9.17, 15) is 4.79 Å². The Morgan fingerprint density at radius 3 is 3.19 bits per heavy atom. The molecule has 0 radical (unpaired) electrons. The summed E-state index contributed by atoms with van der Waals surface area (Å²) in [4.78, 5) is 21.9. The van der Waals surface area contributed by atoms with Crippen LogP contribution in [0, 0.1) is 5.92 Å². The summed E-state index contributed by atoms with van der Waals surface area (Å²) in [6.07, 6.45) is 3.58. The molecule has 3 heterocycles. The van der Waals surface area contributed by atoms with E-state index in [1.165, 1.54) is 24.2 Å². The van der Waals surface area contributed by atoms with E-state index in [1.54, 1.807) is 0 Å². The second-order valence-corrected chi connectivity index (χ2v) is 6.72. The van der Waals surface area contributed by atoms with Gasteiger partial charge in [0.05, 0.1) is 12.1 Å². The number of piperidine rings is 1. The first kappa shape index (κ1) is 14.7. The number of likely N-dealkylation sites (tertiary alicyclic amines) is 1. The average molecular weight is 306 g/mol. The minimum Gasteiger partial charge on any atom is -0.329 e. The number of rotatable bonds is 4. The quantitative estimate of drug-likeness (QED) is 0.905. The Labute approximate surface area is 128 Å². The third kappa shape index (κ3) is 3.02. The Morgan fingerprint density at radius 2 is 2.43 bits per heavy atom. The van der Waals surface area contributed by atoms with Crippen LogP contribution in [0.5, 0.6) is 0 Å². The minimum absolute atomic E-state index is 0.0299. The molecule has 1 aliphatic heterocycles. The predicted molar refractivity (Wildman–Crippen MR) is 86.5 cm³/mol.